The van der Waals surface area contributed by atoms with Crippen LogP contribution in [-0.4, -0.2) is 71.3 Å². The molecule has 7 N–H and O–H groups in total. The number of aromatic nitrogens is 1. The Balaban J connectivity index is 0.894. The first-order valence-corrected chi connectivity index (χ1v) is 20.1. The number of pyridine rings is 1. The van der Waals surface area contributed by atoms with Gasteiger partial charge in [-0.25, -0.2) is 9.59 Å². The molecule has 4 aromatic rings. The van der Waals surface area contributed by atoms with E-state index in [9.17, 15) is 29.7 Å². The molecule has 296 valence electrons. The highest BCUT2D eigenvalue weighted by atomic mass is 35.5. The van der Waals surface area contributed by atoms with Crippen LogP contribution in [0.2, 0.25) is 5.02 Å². The minimum Gasteiger partial charge on any atom is -0.506 e. The predicted octanol–water partition coefficient (Wildman–Crippen LogP) is 6.24. The highest BCUT2D eigenvalue weighted by Crippen LogP contribution is 2.44. The Morgan fingerprint density at radius 3 is 2.58 bits per heavy atom. The third-order valence-electron chi connectivity index (χ3n) is 10.6. The van der Waals surface area contributed by atoms with E-state index in [1.807, 2.05) is 17.5 Å². The van der Waals surface area contributed by atoms with Gasteiger partial charge in [-0.3, -0.25) is 10.1 Å². The Labute approximate surface area is 328 Å². The molecule has 0 saturated heterocycles. The smallest absolute Gasteiger partial charge is 0.411 e. The normalized spacial score (nSPS) is 19.1. The molecule has 2 aromatic heterocycles. The molecule has 0 aliphatic heterocycles. The number of hydrogen-bond donors (Lipinski definition) is 7. The van der Waals surface area contributed by atoms with E-state index in [-0.39, 0.29) is 59.6 Å². The third-order valence-corrected chi connectivity index (χ3v) is 11.9. The second-order valence-corrected chi connectivity index (χ2v) is 15.6. The van der Waals surface area contributed by atoms with Gasteiger partial charge in [0, 0.05) is 53.0 Å². The standard InChI is InChI=1S/C40H49ClN4O9S/c1-52-34-21-31(30(41)20-24(34)22-42-23-33(47)28-13-15-32(46)37-29(28)14-16-36(48)45-37)44-39(50)53-18-5-17-43-26-9-11-27(12-10-26)54-38(49)40(51,25-6-2-3-7-25)35-8-4-19-55-35/h4,8,13-16,19-21,25-27,33,42-43,46-47,51H,2-3,5-7,9-12,17-18,22-23H2,1H3,(H,44,50)(H,45,48)/t26?,27?,33-,40+/m0/s1. The number of fused-ring (bicyclic) bond motifs is 1. The number of hydrogen-bond acceptors (Lipinski definition) is 12. The van der Waals surface area contributed by atoms with Crippen LogP contribution in [0, 0.1) is 5.92 Å². The zero-order chi connectivity index (χ0) is 39.0. The lowest BCUT2D eigenvalue weighted by Crippen LogP contribution is -2.45. The number of aromatic hydroxyl groups is 1. The number of nitrogens with one attached hydrogen (secondary N) is 4. The topological polar surface area (TPSA) is 191 Å². The van der Waals surface area contributed by atoms with Crippen LogP contribution < -0.4 is 26.2 Å². The third kappa shape index (κ3) is 9.80. The molecule has 55 heavy (non-hydrogen) atoms. The molecule has 6 rings (SSSR count). The number of anilines is 1. The van der Waals surface area contributed by atoms with Crippen molar-refractivity contribution in [1.82, 2.24) is 15.6 Å². The van der Waals surface area contributed by atoms with Crippen molar-refractivity contribution in [3.05, 3.63) is 85.3 Å². The summed E-state index contributed by atoms with van der Waals surface area (Å²) >= 11 is 7.91. The van der Waals surface area contributed by atoms with Crippen LogP contribution in [0.25, 0.3) is 10.9 Å². The Morgan fingerprint density at radius 1 is 1.07 bits per heavy atom. The van der Waals surface area contributed by atoms with E-state index >= 15 is 0 Å². The van der Waals surface area contributed by atoms with Crippen molar-refractivity contribution in [2.45, 2.75) is 88.2 Å². The summed E-state index contributed by atoms with van der Waals surface area (Å²) in [6, 6.07) is 13.1. The quantitative estimate of drug-likeness (QED) is 0.0502. The number of aliphatic hydroxyl groups is 2. The maximum absolute atomic E-state index is 13.4. The van der Waals surface area contributed by atoms with Crippen molar-refractivity contribution in [2.24, 2.45) is 5.92 Å². The van der Waals surface area contributed by atoms with Crippen LogP contribution >= 0.6 is 22.9 Å². The molecular weight excluding hydrogens is 748 g/mol. The lowest BCUT2D eigenvalue weighted by atomic mass is 9.84. The van der Waals surface area contributed by atoms with Crippen LogP contribution in [0.1, 0.15) is 79.9 Å². The van der Waals surface area contributed by atoms with Crippen molar-refractivity contribution in [2.75, 3.05) is 32.1 Å². The average Bonchev–Trinajstić information content (AvgIpc) is 3.93. The number of phenolic OH excluding ortho intramolecular Hbond substituents is 1. The number of thiophene rings is 1. The summed E-state index contributed by atoms with van der Waals surface area (Å²) < 4.78 is 16.9. The first-order valence-electron chi connectivity index (χ1n) is 18.8. The number of halogens is 1. The number of rotatable bonds is 16. The lowest BCUT2D eigenvalue weighted by Gasteiger charge is -2.34. The van der Waals surface area contributed by atoms with Gasteiger partial charge in [-0.2, -0.15) is 0 Å². The molecule has 2 saturated carbocycles. The van der Waals surface area contributed by atoms with Crippen LogP contribution in [0.3, 0.4) is 0 Å². The van der Waals surface area contributed by atoms with Gasteiger partial charge in [0.1, 0.15) is 17.6 Å². The molecule has 15 heteroatoms. The number of aliphatic hydroxyl groups excluding tert-OH is 1. The molecule has 0 spiro atoms. The fourth-order valence-electron chi connectivity index (χ4n) is 7.64. The molecule has 2 aromatic carbocycles. The summed E-state index contributed by atoms with van der Waals surface area (Å²) in [7, 11) is 1.50. The van der Waals surface area contributed by atoms with Gasteiger partial charge in [0.2, 0.25) is 5.56 Å². The summed E-state index contributed by atoms with van der Waals surface area (Å²) in [5, 5.41) is 44.7. The number of methoxy groups -OCH3 is 1. The maximum Gasteiger partial charge on any atom is 0.411 e. The van der Waals surface area contributed by atoms with Crippen LogP contribution in [-0.2, 0) is 26.4 Å². The van der Waals surface area contributed by atoms with Gasteiger partial charge >= 0.3 is 12.1 Å². The van der Waals surface area contributed by atoms with Crippen LogP contribution in [0.4, 0.5) is 10.5 Å². The molecule has 0 unspecified atom stereocenters. The maximum atomic E-state index is 13.4. The lowest BCUT2D eigenvalue weighted by molar-refractivity contribution is -0.180. The Bertz CT molecular complexity index is 1980. The largest absolute Gasteiger partial charge is 0.506 e. The Kier molecular flexibility index (Phi) is 13.7. The molecule has 2 aliphatic rings. The van der Waals surface area contributed by atoms with Crippen LogP contribution in [0.15, 0.2) is 58.7 Å². The molecular formula is C40H49ClN4O9S. The first-order chi connectivity index (χ1) is 26.6. The molecule has 2 fully saturated rings. The number of benzene rings is 2. The molecule has 2 heterocycles. The van der Waals surface area contributed by atoms with E-state index in [4.69, 9.17) is 25.8 Å². The number of carbonyl (C=O) groups excluding carboxylic acids is 2. The van der Waals surface area contributed by atoms with E-state index in [1.165, 1.54) is 30.6 Å². The van der Waals surface area contributed by atoms with Crippen molar-refractivity contribution >= 4 is 51.6 Å². The van der Waals surface area contributed by atoms with E-state index in [0.29, 0.717) is 45.8 Å². The summed E-state index contributed by atoms with van der Waals surface area (Å²) in [5.41, 5.74) is -0.118. The SMILES string of the molecule is COc1cc(NC(=O)OCCCNC2CCC(OC(=O)[C@](O)(c3cccs3)C3CCCC3)CC2)c(Cl)cc1CNC[C@H](O)c1ccc(O)c2[nH]c(=O)ccc12. The molecule has 2 atom stereocenters. The number of carbonyl (C=O) groups is 2. The fourth-order valence-corrected chi connectivity index (χ4v) is 8.77. The highest BCUT2D eigenvalue weighted by molar-refractivity contribution is 7.10. The van der Waals surface area contributed by atoms with Gasteiger partial charge in [-0.15, -0.1) is 11.3 Å². The summed E-state index contributed by atoms with van der Waals surface area (Å²) in [6.07, 6.45) is 5.57. The van der Waals surface area contributed by atoms with E-state index in [1.54, 1.807) is 24.3 Å². The van der Waals surface area contributed by atoms with E-state index < -0.39 is 23.8 Å². The number of H-pyrrole nitrogens is 1. The summed E-state index contributed by atoms with van der Waals surface area (Å²) in [6.45, 7) is 1.28. The monoisotopic (exact) mass is 796 g/mol. The van der Waals surface area contributed by atoms with Gasteiger partial charge < -0.3 is 45.1 Å². The van der Waals surface area contributed by atoms with Gasteiger partial charge in [0.25, 0.3) is 0 Å². The minimum atomic E-state index is -1.57. The Hall–Kier alpha value is -4.18. The fraction of sp³-hybridized carbons (Fsp3) is 0.475. The van der Waals surface area contributed by atoms with E-state index in [0.717, 1.165) is 51.4 Å². The molecule has 2 aliphatic carbocycles. The number of ether oxygens (including phenoxy) is 3. The summed E-state index contributed by atoms with van der Waals surface area (Å²) in [4.78, 5) is 40.9. The van der Waals surface area contributed by atoms with Crippen molar-refractivity contribution in [3.8, 4) is 11.5 Å². The van der Waals surface area contributed by atoms with Crippen molar-refractivity contribution < 1.29 is 39.1 Å². The zero-order valence-corrected chi connectivity index (χ0v) is 32.3. The number of aromatic amines is 1. The Morgan fingerprint density at radius 2 is 1.85 bits per heavy atom. The number of phenols is 1. The number of esters is 1. The minimum absolute atomic E-state index is 0.0855. The number of amides is 1. The van der Waals surface area contributed by atoms with Gasteiger partial charge in [-0.1, -0.05) is 36.6 Å². The van der Waals surface area contributed by atoms with Gasteiger partial charge in [0.05, 0.1) is 36.0 Å². The van der Waals surface area contributed by atoms with E-state index in [2.05, 4.69) is 20.9 Å². The molecule has 13 nitrogen and oxygen atoms in total. The average molecular weight is 797 g/mol. The second-order valence-electron chi connectivity index (χ2n) is 14.2. The van der Waals surface area contributed by atoms with Crippen LogP contribution in [0.5, 0.6) is 11.5 Å². The molecule has 0 bridgehead atoms. The molecule has 0 radical (unpaired) electrons. The van der Waals surface area contributed by atoms with Gasteiger partial charge in [-0.05, 0) is 86.7 Å². The van der Waals surface area contributed by atoms with Crippen molar-refractivity contribution in [3.63, 3.8) is 0 Å². The zero-order valence-electron chi connectivity index (χ0n) is 30.8. The predicted molar refractivity (Wildman–Crippen MR) is 211 cm³/mol. The highest BCUT2D eigenvalue weighted by Gasteiger charge is 2.49. The first kappa shape index (κ1) is 40.5. The summed E-state index contributed by atoms with van der Waals surface area (Å²) in [5.74, 6) is -0.247. The van der Waals surface area contributed by atoms with Gasteiger partial charge in [0.15, 0.2) is 5.60 Å². The van der Waals surface area contributed by atoms with Crippen molar-refractivity contribution in [1.29, 1.82) is 0 Å². The molecule has 1 amide bonds. The second kappa shape index (κ2) is 18.6.